The number of nitrogens with two attached hydrogens (primary N) is 1. The Bertz CT molecular complexity index is 507. The Morgan fingerprint density at radius 2 is 2.28 bits per heavy atom. The molecule has 4 N–H and O–H groups in total. The summed E-state index contributed by atoms with van der Waals surface area (Å²) in [5.74, 6) is -3.83. The van der Waals surface area contributed by atoms with E-state index in [1.165, 1.54) is 0 Å². The third-order valence-electron chi connectivity index (χ3n) is 2.66. The fourth-order valence-corrected chi connectivity index (χ4v) is 1.72. The molecule has 3 atom stereocenters. The normalized spacial score (nSPS) is 30.6. The minimum absolute atomic E-state index is 0.114. The zero-order valence-electron chi connectivity index (χ0n) is 9.03. The zero-order valence-corrected chi connectivity index (χ0v) is 9.03. The number of ether oxygens (including phenoxy) is 1. The monoisotopic (exact) mass is 263 g/mol. The molecule has 2 heterocycles. The van der Waals surface area contributed by atoms with Crippen molar-refractivity contribution in [3.8, 4) is 0 Å². The Morgan fingerprint density at radius 3 is 2.78 bits per heavy atom. The van der Waals surface area contributed by atoms with Gasteiger partial charge in [-0.2, -0.15) is 13.8 Å². The molecule has 1 aliphatic rings. The van der Waals surface area contributed by atoms with E-state index in [1.807, 2.05) is 0 Å². The number of rotatable bonds is 2. The summed E-state index contributed by atoms with van der Waals surface area (Å²) in [6.07, 6.45) is -4.69. The number of alkyl halides is 2. The lowest BCUT2D eigenvalue weighted by Crippen LogP contribution is -2.41. The Labute approximate surface area is 99.4 Å². The van der Waals surface area contributed by atoms with Gasteiger partial charge in [0, 0.05) is 6.20 Å². The number of hydrogen-bond donors (Lipinski definition) is 3. The summed E-state index contributed by atoms with van der Waals surface area (Å²) in [6.45, 7) is -0.787. The number of aliphatic hydroxyl groups is 2. The van der Waals surface area contributed by atoms with E-state index in [2.05, 4.69) is 4.98 Å². The molecule has 1 saturated heterocycles. The predicted molar refractivity (Wildman–Crippen MR) is 54.9 cm³/mol. The first-order valence-electron chi connectivity index (χ1n) is 5.04. The highest BCUT2D eigenvalue weighted by Gasteiger charge is 2.59. The van der Waals surface area contributed by atoms with Gasteiger partial charge in [0.25, 0.3) is 0 Å². The maximum Gasteiger partial charge on any atom is 0.351 e. The lowest BCUT2D eigenvalue weighted by Gasteiger charge is -2.20. The number of nitrogens with zero attached hydrogens (tertiary/aromatic N) is 2. The molecule has 1 aliphatic heterocycles. The van der Waals surface area contributed by atoms with Crippen molar-refractivity contribution in [2.45, 2.75) is 24.4 Å². The predicted octanol–water partition coefficient (Wildman–Crippen LogP) is -1.29. The van der Waals surface area contributed by atoms with Crippen LogP contribution in [0.25, 0.3) is 0 Å². The van der Waals surface area contributed by atoms with Gasteiger partial charge in [-0.05, 0) is 6.07 Å². The van der Waals surface area contributed by atoms with Gasteiger partial charge in [0.15, 0.2) is 6.10 Å². The molecule has 7 nitrogen and oxygen atoms in total. The van der Waals surface area contributed by atoms with Crippen LogP contribution in [0.15, 0.2) is 17.1 Å². The fraction of sp³-hybridized carbons (Fsp3) is 0.556. The Hall–Kier alpha value is -1.58. The number of hydrogen-bond acceptors (Lipinski definition) is 6. The quantitative estimate of drug-likeness (QED) is 0.612. The Kier molecular flexibility index (Phi) is 3.05. The van der Waals surface area contributed by atoms with Crippen LogP contribution in [-0.4, -0.2) is 44.5 Å². The standard InChI is InChI=1S/C9H11F2N3O4/c10-9(11)6(16)4(3-15)18-7(9)14-2-1-5(12)13-8(14)17/h1-2,4,6-7,15-16H,3H2,(H2,12,13,17)/t4-,6+,7-/m0/s1. The van der Waals surface area contributed by atoms with E-state index >= 15 is 0 Å². The highest BCUT2D eigenvalue weighted by molar-refractivity contribution is 5.23. The molecule has 18 heavy (non-hydrogen) atoms. The van der Waals surface area contributed by atoms with Gasteiger partial charge in [0.1, 0.15) is 11.9 Å². The number of nitrogen functional groups attached to an aromatic ring is 1. The maximum absolute atomic E-state index is 13.7. The van der Waals surface area contributed by atoms with Gasteiger partial charge in [-0.3, -0.25) is 4.57 Å². The van der Waals surface area contributed by atoms with Gasteiger partial charge in [0.2, 0.25) is 6.23 Å². The number of aliphatic hydroxyl groups excluding tert-OH is 2. The first-order chi connectivity index (χ1) is 8.37. The number of halogens is 2. The summed E-state index contributed by atoms with van der Waals surface area (Å²) < 4.78 is 32.7. The summed E-state index contributed by atoms with van der Waals surface area (Å²) in [4.78, 5) is 14.7. The molecule has 0 unspecified atom stereocenters. The molecular weight excluding hydrogens is 252 g/mol. The topological polar surface area (TPSA) is 111 Å². The van der Waals surface area contributed by atoms with E-state index in [0.29, 0.717) is 4.57 Å². The van der Waals surface area contributed by atoms with Crippen molar-refractivity contribution in [3.05, 3.63) is 22.7 Å². The third-order valence-corrected chi connectivity index (χ3v) is 2.66. The molecule has 100 valence electrons. The van der Waals surface area contributed by atoms with Gasteiger partial charge in [-0.25, -0.2) is 4.79 Å². The van der Waals surface area contributed by atoms with Crippen LogP contribution < -0.4 is 11.4 Å². The summed E-state index contributed by atoms with van der Waals surface area (Å²) >= 11 is 0. The number of aromatic nitrogens is 2. The minimum Gasteiger partial charge on any atom is -0.394 e. The van der Waals surface area contributed by atoms with E-state index in [1.54, 1.807) is 0 Å². The van der Waals surface area contributed by atoms with Crippen molar-refractivity contribution < 1.29 is 23.7 Å². The van der Waals surface area contributed by atoms with Crippen molar-refractivity contribution in [3.63, 3.8) is 0 Å². The highest BCUT2D eigenvalue weighted by atomic mass is 19.3. The van der Waals surface area contributed by atoms with Crippen molar-refractivity contribution in [2.24, 2.45) is 0 Å². The summed E-state index contributed by atoms with van der Waals surface area (Å²) in [7, 11) is 0. The van der Waals surface area contributed by atoms with Crippen LogP contribution in [0.5, 0.6) is 0 Å². The van der Waals surface area contributed by atoms with Gasteiger partial charge in [-0.15, -0.1) is 0 Å². The van der Waals surface area contributed by atoms with Crippen LogP contribution in [0, 0.1) is 0 Å². The van der Waals surface area contributed by atoms with Crippen LogP contribution in [0.4, 0.5) is 14.6 Å². The Balaban J connectivity index is 2.42. The molecule has 0 radical (unpaired) electrons. The van der Waals surface area contributed by atoms with Gasteiger partial charge >= 0.3 is 11.6 Å². The third kappa shape index (κ3) is 1.85. The van der Waals surface area contributed by atoms with Crippen molar-refractivity contribution in [1.29, 1.82) is 0 Å². The minimum atomic E-state index is -3.71. The molecule has 0 aromatic carbocycles. The van der Waals surface area contributed by atoms with Gasteiger partial charge < -0.3 is 20.7 Å². The summed E-state index contributed by atoms with van der Waals surface area (Å²) in [5.41, 5.74) is 4.21. The fourth-order valence-electron chi connectivity index (χ4n) is 1.72. The SMILES string of the molecule is Nc1ccn([C@H]2O[C@@H](CO)[C@@H](O)C2(F)F)c(=O)n1. The van der Waals surface area contributed by atoms with Gasteiger partial charge in [0.05, 0.1) is 6.61 Å². The Morgan fingerprint density at radius 1 is 1.61 bits per heavy atom. The average Bonchev–Trinajstić information content (AvgIpc) is 2.52. The van der Waals surface area contributed by atoms with E-state index in [0.717, 1.165) is 12.3 Å². The average molecular weight is 263 g/mol. The lowest BCUT2D eigenvalue weighted by molar-refractivity contribution is -0.140. The summed E-state index contributed by atoms with van der Waals surface area (Å²) in [5, 5.41) is 18.1. The maximum atomic E-state index is 13.7. The molecule has 0 amide bonds. The molecule has 1 aromatic heterocycles. The molecule has 0 bridgehead atoms. The van der Waals surface area contributed by atoms with Crippen LogP contribution in [-0.2, 0) is 4.74 Å². The van der Waals surface area contributed by atoms with E-state index < -0.39 is 36.7 Å². The molecule has 9 heteroatoms. The molecule has 0 saturated carbocycles. The smallest absolute Gasteiger partial charge is 0.351 e. The first kappa shape index (κ1) is 12.9. The highest BCUT2D eigenvalue weighted by Crippen LogP contribution is 2.41. The zero-order chi connectivity index (χ0) is 13.5. The second-order valence-corrected chi connectivity index (χ2v) is 3.87. The largest absolute Gasteiger partial charge is 0.394 e. The molecule has 1 aromatic rings. The number of anilines is 1. The molecular formula is C9H11F2N3O4. The molecule has 0 spiro atoms. The van der Waals surface area contributed by atoms with E-state index in [4.69, 9.17) is 15.6 Å². The van der Waals surface area contributed by atoms with Crippen molar-refractivity contribution >= 4 is 5.82 Å². The second-order valence-electron chi connectivity index (χ2n) is 3.87. The van der Waals surface area contributed by atoms with Crippen LogP contribution >= 0.6 is 0 Å². The van der Waals surface area contributed by atoms with E-state index in [9.17, 15) is 18.7 Å². The van der Waals surface area contributed by atoms with Crippen LogP contribution in [0.1, 0.15) is 6.23 Å². The van der Waals surface area contributed by atoms with Crippen molar-refractivity contribution in [1.82, 2.24) is 9.55 Å². The van der Waals surface area contributed by atoms with Crippen LogP contribution in [0.2, 0.25) is 0 Å². The lowest BCUT2D eigenvalue weighted by atomic mass is 10.1. The molecule has 0 aliphatic carbocycles. The van der Waals surface area contributed by atoms with Crippen molar-refractivity contribution in [2.75, 3.05) is 12.3 Å². The summed E-state index contributed by atoms with van der Waals surface area (Å²) in [6, 6.07) is 1.15. The second kappa shape index (κ2) is 4.26. The molecule has 2 rings (SSSR count). The molecule has 1 fully saturated rings. The van der Waals surface area contributed by atoms with E-state index in [-0.39, 0.29) is 5.82 Å². The van der Waals surface area contributed by atoms with Crippen LogP contribution in [0.3, 0.4) is 0 Å². The first-order valence-corrected chi connectivity index (χ1v) is 5.04. The van der Waals surface area contributed by atoms with Gasteiger partial charge in [-0.1, -0.05) is 0 Å².